The Morgan fingerprint density at radius 2 is 2.00 bits per heavy atom. The molecule has 1 saturated carbocycles. The Bertz CT molecular complexity index is 444. The van der Waals surface area contributed by atoms with Gasteiger partial charge in [0.2, 0.25) is 5.91 Å². The minimum atomic E-state index is 0.0583. The third-order valence-corrected chi connectivity index (χ3v) is 3.01. The predicted molar refractivity (Wildman–Crippen MR) is 72.4 cm³/mol. The third kappa shape index (κ3) is 4.13. The maximum absolute atomic E-state index is 11.5. The highest BCUT2D eigenvalue weighted by molar-refractivity contribution is 5.78. The van der Waals surface area contributed by atoms with Gasteiger partial charge in [-0.2, -0.15) is 0 Å². The van der Waals surface area contributed by atoms with Gasteiger partial charge in [0.15, 0.2) is 11.5 Å². The van der Waals surface area contributed by atoms with Gasteiger partial charge in [-0.15, -0.1) is 0 Å². The maximum atomic E-state index is 11.5. The Labute approximate surface area is 113 Å². The van der Waals surface area contributed by atoms with Crippen molar-refractivity contribution < 1.29 is 14.3 Å². The Morgan fingerprint density at radius 3 is 2.63 bits per heavy atom. The van der Waals surface area contributed by atoms with E-state index < -0.39 is 0 Å². The monoisotopic (exact) mass is 264 g/mol. The largest absolute Gasteiger partial charge is 0.493 e. The van der Waals surface area contributed by atoms with Crippen molar-refractivity contribution in [1.29, 1.82) is 0 Å². The summed E-state index contributed by atoms with van der Waals surface area (Å²) < 4.78 is 10.4. The number of hydrogen-bond donors (Lipinski definition) is 2. The standard InChI is InChI=1S/C14H20N2O3/c1-18-12-6-3-10(7-13(12)19-2)8-15-9-14(17)16-11-4-5-11/h3,6-7,11,15H,4-5,8-9H2,1-2H3,(H,16,17). The first-order valence-corrected chi connectivity index (χ1v) is 6.44. The molecule has 0 spiro atoms. The van der Waals surface area contributed by atoms with Gasteiger partial charge in [-0.3, -0.25) is 4.79 Å². The zero-order chi connectivity index (χ0) is 13.7. The molecule has 0 aromatic heterocycles. The number of carbonyl (C=O) groups is 1. The first-order valence-electron chi connectivity index (χ1n) is 6.44. The molecule has 5 nitrogen and oxygen atoms in total. The molecule has 0 radical (unpaired) electrons. The number of carbonyl (C=O) groups excluding carboxylic acids is 1. The van der Waals surface area contributed by atoms with E-state index in [1.165, 1.54) is 0 Å². The number of hydrogen-bond acceptors (Lipinski definition) is 4. The molecule has 2 N–H and O–H groups in total. The van der Waals surface area contributed by atoms with Crippen molar-refractivity contribution in [3.63, 3.8) is 0 Å². The lowest BCUT2D eigenvalue weighted by Crippen LogP contribution is -2.34. The molecule has 1 aromatic carbocycles. The zero-order valence-electron chi connectivity index (χ0n) is 11.4. The van der Waals surface area contributed by atoms with Crippen LogP contribution in [0.1, 0.15) is 18.4 Å². The van der Waals surface area contributed by atoms with Crippen molar-refractivity contribution in [2.75, 3.05) is 20.8 Å². The zero-order valence-corrected chi connectivity index (χ0v) is 11.4. The molecule has 0 heterocycles. The van der Waals surface area contributed by atoms with Crippen LogP contribution in [0.5, 0.6) is 11.5 Å². The molecular weight excluding hydrogens is 244 g/mol. The van der Waals surface area contributed by atoms with Crippen LogP contribution in [-0.2, 0) is 11.3 Å². The molecule has 19 heavy (non-hydrogen) atoms. The van der Waals surface area contributed by atoms with Crippen LogP contribution < -0.4 is 20.1 Å². The average molecular weight is 264 g/mol. The Kier molecular flexibility index (Phi) is 4.63. The van der Waals surface area contributed by atoms with Crippen molar-refractivity contribution in [3.8, 4) is 11.5 Å². The average Bonchev–Trinajstić information content (AvgIpc) is 3.22. The molecule has 0 aliphatic heterocycles. The van der Waals surface area contributed by atoms with Crippen molar-refractivity contribution in [2.45, 2.75) is 25.4 Å². The van der Waals surface area contributed by atoms with Gasteiger partial charge in [-0.05, 0) is 30.5 Å². The van der Waals surface area contributed by atoms with Gasteiger partial charge in [-0.25, -0.2) is 0 Å². The quantitative estimate of drug-likeness (QED) is 0.773. The Hall–Kier alpha value is -1.75. The molecule has 0 unspecified atom stereocenters. The van der Waals surface area contributed by atoms with Gasteiger partial charge in [0, 0.05) is 12.6 Å². The second kappa shape index (κ2) is 6.43. The highest BCUT2D eigenvalue weighted by atomic mass is 16.5. The second-order valence-electron chi connectivity index (χ2n) is 4.63. The van der Waals surface area contributed by atoms with Crippen LogP contribution in [0.3, 0.4) is 0 Å². The van der Waals surface area contributed by atoms with E-state index in [2.05, 4.69) is 10.6 Å². The Balaban J connectivity index is 1.79. The SMILES string of the molecule is COc1ccc(CNCC(=O)NC2CC2)cc1OC. The lowest BCUT2D eigenvalue weighted by Gasteiger charge is -2.10. The highest BCUT2D eigenvalue weighted by Crippen LogP contribution is 2.27. The summed E-state index contributed by atoms with van der Waals surface area (Å²) in [6.45, 7) is 0.962. The minimum Gasteiger partial charge on any atom is -0.493 e. The normalized spacial score (nSPS) is 14.0. The fraction of sp³-hybridized carbons (Fsp3) is 0.500. The molecule has 104 valence electrons. The van der Waals surface area contributed by atoms with E-state index in [-0.39, 0.29) is 5.91 Å². The second-order valence-corrected chi connectivity index (χ2v) is 4.63. The van der Waals surface area contributed by atoms with Crippen LogP contribution in [0, 0.1) is 0 Å². The number of ether oxygens (including phenoxy) is 2. The molecule has 0 bridgehead atoms. The van der Waals surface area contributed by atoms with Crippen LogP contribution in [0.15, 0.2) is 18.2 Å². The lowest BCUT2D eigenvalue weighted by atomic mass is 10.2. The highest BCUT2D eigenvalue weighted by Gasteiger charge is 2.22. The summed E-state index contributed by atoms with van der Waals surface area (Å²) >= 11 is 0. The van der Waals surface area contributed by atoms with Crippen LogP contribution in [0.2, 0.25) is 0 Å². The van der Waals surface area contributed by atoms with Gasteiger partial charge >= 0.3 is 0 Å². The summed E-state index contributed by atoms with van der Waals surface area (Å²) in [4.78, 5) is 11.5. The fourth-order valence-corrected chi connectivity index (χ4v) is 1.82. The molecule has 5 heteroatoms. The van der Waals surface area contributed by atoms with E-state index in [0.29, 0.717) is 30.6 Å². The molecule has 0 saturated heterocycles. The van der Waals surface area contributed by atoms with Crippen molar-refractivity contribution in [3.05, 3.63) is 23.8 Å². The van der Waals surface area contributed by atoms with Crippen LogP contribution in [0.4, 0.5) is 0 Å². The third-order valence-electron chi connectivity index (χ3n) is 3.01. The first kappa shape index (κ1) is 13.7. The number of amides is 1. The number of rotatable bonds is 7. The molecule has 0 atom stereocenters. The van der Waals surface area contributed by atoms with E-state index in [1.807, 2.05) is 18.2 Å². The van der Waals surface area contributed by atoms with E-state index in [1.54, 1.807) is 14.2 Å². The van der Waals surface area contributed by atoms with Crippen LogP contribution >= 0.6 is 0 Å². The van der Waals surface area contributed by atoms with Crippen molar-refractivity contribution in [2.24, 2.45) is 0 Å². The summed E-state index contributed by atoms with van der Waals surface area (Å²) in [5.41, 5.74) is 1.05. The molecule has 1 amide bonds. The van der Waals surface area contributed by atoms with E-state index in [4.69, 9.17) is 9.47 Å². The summed E-state index contributed by atoms with van der Waals surface area (Å²) in [6, 6.07) is 6.13. The molecule has 1 aliphatic rings. The summed E-state index contributed by atoms with van der Waals surface area (Å²) in [6.07, 6.45) is 2.23. The molecular formula is C14H20N2O3. The van der Waals surface area contributed by atoms with Gasteiger partial charge < -0.3 is 20.1 Å². The predicted octanol–water partition coefficient (Wildman–Crippen LogP) is 1.07. The van der Waals surface area contributed by atoms with Crippen LogP contribution in [-0.4, -0.2) is 32.7 Å². The topological polar surface area (TPSA) is 59.6 Å². The molecule has 1 fully saturated rings. The number of benzene rings is 1. The molecule has 1 aromatic rings. The van der Waals surface area contributed by atoms with Crippen molar-refractivity contribution in [1.82, 2.24) is 10.6 Å². The van der Waals surface area contributed by atoms with Gasteiger partial charge in [0.05, 0.1) is 20.8 Å². The van der Waals surface area contributed by atoms with E-state index in [9.17, 15) is 4.79 Å². The summed E-state index contributed by atoms with van der Waals surface area (Å²) in [7, 11) is 3.22. The summed E-state index contributed by atoms with van der Waals surface area (Å²) in [5.74, 6) is 1.46. The van der Waals surface area contributed by atoms with Gasteiger partial charge in [0.25, 0.3) is 0 Å². The smallest absolute Gasteiger partial charge is 0.234 e. The van der Waals surface area contributed by atoms with E-state index >= 15 is 0 Å². The lowest BCUT2D eigenvalue weighted by molar-refractivity contribution is -0.120. The molecule has 1 aliphatic carbocycles. The Morgan fingerprint density at radius 1 is 1.26 bits per heavy atom. The first-order chi connectivity index (χ1) is 9.22. The number of nitrogens with one attached hydrogen (secondary N) is 2. The van der Waals surface area contributed by atoms with Crippen LogP contribution in [0.25, 0.3) is 0 Å². The molecule has 2 rings (SSSR count). The van der Waals surface area contributed by atoms with Gasteiger partial charge in [-0.1, -0.05) is 6.07 Å². The fourth-order valence-electron chi connectivity index (χ4n) is 1.82. The minimum absolute atomic E-state index is 0.0583. The van der Waals surface area contributed by atoms with E-state index in [0.717, 1.165) is 18.4 Å². The van der Waals surface area contributed by atoms with Crippen molar-refractivity contribution >= 4 is 5.91 Å². The van der Waals surface area contributed by atoms with Gasteiger partial charge in [0.1, 0.15) is 0 Å². The number of methoxy groups -OCH3 is 2. The maximum Gasteiger partial charge on any atom is 0.234 e. The summed E-state index contributed by atoms with van der Waals surface area (Å²) in [5, 5.41) is 6.05.